The number of anilines is 1. The second-order valence-electron chi connectivity index (χ2n) is 5.94. The van der Waals surface area contributed by atoms with Gasteiger partial charge < -0.3 is 10.2 Å². The lowest BCUT2D eigenvalue weighted by atomic mass is 10.1. The number of nitrogens with one attached hydrogen (secondary N) is 1. The first-order valence-electron chi connectivity index (χ1n) is 7.89. The molecular weight excluding hydrogens is 251 g/mol. The highest BCUT2D eigenvalue weighted by Gasteiger charge is 2.22. The topological polar surface area (TPSA) is 15.3 Å². The highest BCUT2D eigenvalue weighted by molar-refractivity contribution is 5.50. The minimum absolute atomic E-state index is 0.0953. The zero-order valence-electron chi connectivity index (χ0n) is 13.0. The van der Waals surface area contributed by atoms with Gasteiger partial charge in [-0.05, 0) is 50.4 Å². The van der Waals surface area contributed by atoms with E-state index in [2.05, 4.69) is 30.1 Å². The van der Waals surface area contributed by atoms with Crippen LogP contribution in [0.2, 0.25) is 0 Å². The number of hydrogen-bond acceptors (Lipinski definition) is 2. The summed E-state index contributed by atoms with van der Waals surface area (Å²) in [6.07, 6.45) is 6.01. The van der Waals surface area contributed by atoms with Crippen LogP contribution in [-0.4, -0.2) is 19.6 Å². The van der Waals surface area contributed by atoms with Crippen LogP contribution in [0.15, 0.2) is 18.2 Å². The summed E-state index contributed by atoms with van der Waals surface area (Å²) in [5, 5.41) is 3.40. The molecule has 2 nitrogen and oxygen atoms in total. The van der Waals surface area contributed by atoms with E-state index in [4.69, 9.17) is 0 Å². The predicted molar refractivity (Wildman–Crippen MR) is 83.8 cm³/mol. The third-order valence-electron chi connectivity index (χ3n) is 4.42. The van der Waals surface area contributed by atoms with Crippen molar-refractivity contribution in [3.63, 3.8) is 0 Å². The molecule has 0 aromatic heterocycles. The SMILES string of the molecule is CCCNC(C)c1ccc(N(C)C2CCCC2)c(F)c1. The molecule has 0 heterocycles. The highest BCUT2D eigenvalue weighted by atomic mass is 19.1. The minimum atomic E-state index is -0.0953. The average Bonchev–Trinajstić information content (AvgIpc) is 2.98. The molecule has 2 rings (SSSR count). The lowest BCUT2D eigenvalue weighted by molar-refractivity contribution is 0.558. The fraction of sp³-hybridized carbons (Fsp3) is 0.647. The summed E-state index contributed by atoms with van der Waals surface area (Å²) in [4.78, 5) is 2.12. The van der Waals surface area contributed by atoms with E-state index in [1.165, 1.54) is 25.7 Å². The Hall–Kier alpha value is -1.09. The maximum absolute atomic E-state index is 14.4. The normalized spacial score (nSPS) is 17.4. The van der Waals surface area contributed by atoms with Crippen LogP contribution < -0.4 is 10.2 Å². The van der Waals surface area contributed by atoms with Crippen molar-refractivity contribution in [3.05, 3.63) is 29.6 Å². The van der Waals surface area contributed by atoms with Crippen LogP contribution in [0, 0.1) is 5.82 Å². The van der Waals surface area contributed by atoms with Gasteiger partial charge in [-0.1, -0.05) is 25.8 Å². The molecule has 0 bridgehead atoms. The number of hydrogen-bond donors (Lipinski definition) is 1. The van der Waals surface area contributed by atoms with Crippen LogP contribution in [-0.2, 0) is 0 Å². The first-order chi connectivity index (χ1) is 9.63. The van der Waals surface area contributed by atoms with Crippen LogP contribution in [0.4, 0.5) is 10.1 Å². The standard InChI is InChI=1S/C17H27FN2/c1-4-11-19-13(2)14-9-10-17(16(18)12-14)20(3)15-7-5-6-8-15/h9-10,12-13,15,19H,4-8,11H2,1-3H3. The Morgan fingerprint density at radius 3 is 2.65 bits per heavy atom. The Labute approximate surface area is 122 Å². The van der Waals surface area contributed by atoms with E-state index in [0.717, 1.165) is 24.2 Å². The molecule has 1 fully saturated rings. The summed E-state index contributed by atoms with van der Waals surface area (Å²) in [7, 11) is 2.02. The van der Waals surface area contributed by atoms with E-state index in [-0.39, 0.29) is 11.9 Å². The van der Waals surface area contributed by atoms with Crippen molar-refractivity contribution < 1.29 is 4.39 Å². The molecule has 20 heavy (non-hydrogen) atoms. The average molecular weight is 278 g/mol. The van der Waals surface area contributed by atoms with Crippen molar-refractivity contribution in [1.82, 2.24) is 5.32 Å². The Bertz CT molecular complexity index is 427. The monoisotopic (exact) mass is 278 g/mol. The molecule has 0 amide bonds. The van der Waals surface area contributed by atoms with E-state index >= 15 is 0 Å². The third kappa shape index (κ3) is 3.51. The lowest BCUT2D eigenvalue weighted by Gasteiger charge is -2.27. The minimum Gasteiger partial charge on any atom is -0.369 e. The quantitative estimate of drug-likeness (QED) is 0.836. The number of halogens is 1. The zero-order chi connectivity index (χ0) is 14.5. The number of nitrogens with zero attached hydrogens (tertiary/aromatic N) is 1. The molecule has 0 saturated heterocycles. The summed E-state index contributed by atoms with van der Waals surface area (Å²) < 4.78 is 14.4. The maximum Gasteiger partial charge on any atom is 0.146 e. The van der Waals surface area contributed by atoms with E-state index in [9.17, 15) is 4.39 Å². The Balaban J connectivity index is 2.08. The van der Waals surface area contributed by atoms with Gasteiger partial charge in [0, 0.05) is 19.1 Å². The fourth-order valence-electron chi connectivity index (χ4n) is 3.05. The largest absolute Gasteiger partial charge is 0.369 e. The van der Waals surface area contributed by atoms with Crippen LogP contribution in [0.1, 0.15) is 57.6 Å². The molecule has 1 aliphatic carbocycles. The maximum atomic E-state index is 14.4. The van der Waals surface area contributed by atoms with Crippen molar-refractivity contribution in [2.75, 3.05) is 18.5 Å². The summed E-state index contributed by atoms with van der Waals surface area (Å²) in [6, 6.07) is 6.39. The molecule has 1 aliphatic rings. The van der Waals surface area contributed by atoms with Gasteiger partial charge in [-0.2, -0.15) is 0 Å². The second kappa shape index (κ2) is 7.07. The molecule has 1 aromatic carbocycles. The smallest absolute Gasteiger partial charge is 0.146 e. The molecule has 0 aliphatic heterocycles. The van der Waals surface area contributed by atoms with Crippen molar-refractivity contribution in [2.24, 2.45) is 0 Å². The summed E-state index contributed by atoms with van der Waals surface area (Å²) in [5.74, 6) is -0.0953. The molecule has 0 radical (unpaired) electrons. The number of benzene rings is 1. The van der Waals surface area contributed by atoms with E-state index < -0.39 is 0 Å². The lowest BCUT2D eigenvalue weighted by Crippen LogP contribution is -2.29. The zero-order valence-corrected chi connectivity index (χ0v) is 13.0. The van der Waals surface area contributed by atoms with Gasteiger partial charge >= 0.3 is 0 Å². The van der Waals surface area contributed by atoms with Crippen LogP contribution in [0.5, 0.6) is 0 Å². The fourth-order valence-corrected chi connectivity index (χ4v) is 3.05. The van der Waals surface area contributed by atoms with Gasteiger partial charge in [-0.25, -0.2) is 4.39 Å². The van der Waals surface area contributed by atoms with Crippen molar-refractivity contribution in [1.29, 1.82) is 0 Å². The van der Waals surface area contributed by atoms with Crippen LogP contribution in [0.25, 0.3) is 0 Å². The molecule has 3 heteroatoms. The molecular formula is C17H27FN2. The predicted octanol–water partition coefficient (Wildman–Crippen LogP) is 4.27. The number of rotatable bonds is 6. The second-order valence-corrected chi connectivity index (χ2v) is 5.94. The van der Waals surface area contributed by atoms with Gasteiger partial charge in [0.1, 0.15) is 5.82 Å². The van der Waals surface area contributed by atoms with Crippen molar-refractivity contribution in [2.45, 2.75) is 58.0 Å². The molecule has 0 spiro atoms. The highest BCUT2D eigenvalue weighted by Crippen LogP contribution is 2.29. The van der Waals surface area contributed by atoms with E-state index in [0.29, 0.717) is 6.04 Å². The van der Waals surface area contributed by atoms with Gasteiger partial charge in [-0.15, -0.1) is 0 Å². The van der Waals surface area contributed by atoms with Gasteiger partial charge in [0.15, 0.2) is 0 Å². The molecule has 1 saturated carbocycles. The van der Waals surface area contributed by atoms with E-state index in [1.807, 2.05) is 13.1 Å². The Kier molecular flexibility index (Phi) is 5.41. The molecule has 1 unspecified atom stereocenters. The van der Waals surface area contributed by atoms with Gasteiger partial charge in [0.05, 0.1) is 5.69 Å². The summed E-state index contributed by atoms with van der Waals surface area (Å²) >= 11 is 0. The Morgan fingerprint density at radius 1 is 1.35 bits per heavy atom. The molecule has 112 valence electrons. The summed E-state index contributed by atoms with van der Waals surface area (Å²) in [6.45, 7) is 5.19. The van der Waals surface area contributed by atoms with E-state index in [1.54, 1.807) is 6.07 Å². The van der Waals surface area contributed by atoms with Crippen molar-refractivity contribution in [3.8, 4) is 0 Å². The first kappa shape index (κ1) is 15.3. The van der Waals surface area contributed by atoms with Gasteiger partial charge in [0.2, 0.25) is 0 Å². The van der Waals surface area contributed by atoms with Gasteiger partial charge in [-0.3, -0.25) is 0 Å². The van der Waals surface area contributed by atoms with Crippen LogP contribution in [0.3, 0.4) is 0 Å². The van der Waals surface area contributed by atoms with Gasteiger partial charge in [0.25, 0.3) is 0 Å². The third-order valence-corrected chi connectivity index (χ3v) is 4.42. The molecule has 1 atom stereocenters. The molecule has 1 N–H and O–H groups in total. The summed E-state index contributed by atoms with van der Waals surface area (Å²) in [5.41, 5.74) is 1.77. The first-order valence-corrected chi connectivity index (χ1v) is 7.89. The Morgan fingerprint density at radius 2 is 2.05 bits per heavy atom. The molecule has 1 aromatic rings. The van der Waals surface area contributed by atoms with Crippen LogP contribution >= 0.6 is 0 Å². The van der Waals surface area contributed by atoms with Crippen molar-refractivity contribution >= 4 is 5.69 Å².